The molecule has 1 aromatic carbocycles. The largest absolute Gasteiger partial charge is 0.288 e. The molecule has 1 aromatic rings. The van der Waals surface area contributed by atoms with E-state index < -0.39 is 0 Å². The van der Waals surface area contributed by atoms with Gasteiger partial charge in [0.05, 0.1) is 6.54 Å². The lowest BCUT2D eigenvalue weighted by atomic mass is 10.0. The van der Waals surface area contributed by atoms with Crippen molar-refractivity contribution >= 4 is 0 Å². The van der Waals surface area contributed by atoms with Crippen LogP contribution in [0.5, 0.6) is 0 Å². The number of rotatable bonds is 2. The quantitative estimate of drug-likeness (QED) is 0.661. The van der Waals surface area contributed by atoms with E-state index in [1.165, 1.54) is 17.5 Å². The predicted octanol–water partition coefficient (Wildman–Crippen LogP) is 2.48. The van der Waals surface area contributed by atoms with Crippen molar-refractivity contribution in [2.24, 2.45) is 5.92 Å². The monoisotopic (exact) mass is 199 g/mol. The summed E-state index contributed by atoms with van der Waals surface area (Å²) in [5.74, 6) is 3.39. The Morgan fingerprint density at radius 2 is 2.20 bits per heavy atom. The average molecular weight is 199 g/mol. The van der Waals surface area contributed by atoms with Crippen LogP contribution in [0.4, 0.5) is 0 Å². The summed E-state index contributed by atoms with van der Waals surface area (Å²) in [6.45, 7) is 3.03. The highest BCUT2D eigenvalue weighted by Crippen LogP contribution is 2.38. The molecule has 0 fully saturated rings. The van der Waals surface area contributed by atoms with Crippen LogP contribution in [0.25, 0.3) is 0 Å². The summed E-state index contributed by atoms with van der Waals surface area (Å²) < 4.78 is 0. The molecule has 0 aromatic heterocycles. The Bertz CT molecular complexity index is 389. The van der Waals surface area contributed by atoms with Crippen LogP contribution < -0.4 is 0 Å². The maximum Gasteiger partial charge on any atom is 0.0601 e. The molecule has 0 aliphatic heterocycles. The summed E-state index contributed by atoms with van der Waals surface area (Å²) in [4.78, 5) is 2.27. The van der Waals surface area contributed by atoms with E-state index >= 15 is 0 Å². The Hall–Kier alpha value is -1.26. The van der Waals surface area contributed by atoms with Gasteiger partial charge in [-0.25, -0.2) is 0 Å². The van der Waals surface area contributed by atoms with Gasteiger partial charge in [0.1, 0.15) is 0 Å². The van der Waals surface area contributed by atoms with Crippen molar-refractivity contribution in [2.45, 2.75) is 19.4 Å². The second-order valence-corrected chi connectivity index (χ2v) is 4.44. The topological polar surface area (TPSA) is 3.24 Å². The zero-order valence-electron chi connectivity index (χ0n) is 9.40. The van der Waals surface area contributed by atoms with Crippen molar-refractivity contribution in [1.29, 1.82) is 0 Å². The smallest absolute Gasteiger partial charge is 0.0601 e. The van der Waals surface area contributed by atoms with Crippen LogP contribution in [0.3, 0.4) is 0 Å². The highest BCUT2D eigenvalue weighted by atomic mass is 15.1. The van der Waals surface area contributed by atoms with E-state index in [0.29, 0.717) is 12.0 Å². The molecule has 0 bridgehead atoms. The molecule has 2 atom stereocenters. The SMILES string of the molecule is C#CCN(C)C1c2ccccc2CC1C. The Morgan fingerprint density at radius 1 is 1.47 bits per heavy atom. The Balaban J connectivity index is 2.30. The zero-order chi connectivity index (χ0) is 10.8. The van der Waals surface area contributed by atoms with Gasteiger partial charge >= 0.3 is 0 Å². The minimum Gasteiger partial charge on any atom is -0.288 e. The second-order valence-electron chi connectivity index (χ2n) is 4.44. The third-order valence-electron chi connectivity index (χ3n) is 3.27. The first kappa shape index (κ1) is 10.3. The van der Waals surface area contributed by atoms with Gasteiger partial charge < -0.3 is 0 Å². The predicted molar refractivity (Wildman–Crippen MR) is 63.5 cm³/mol. The van der Waals surface area contributed by atoms with Gasteiger partial charge in [0, 0.05) is 6.04 Å². The molecule has 2 unspecified atom stereocenters. The number of hydrogen-bond donors (Lipinski definition) is 0. The van der Waals surface area contributed by atoms with Gasteiger partial charge in [-0.3, -0.25) is 4.90 Å². The number of terminal acetylenes is 1. The molecule has 1 nitrogen and oxygen atoms in total. The Morgan fingerprint density at radius 3 is 2.93 bits per heavy atom. The van der Waals surface area contributed by atoms with Crippen molar-refractivity contribution in [3.63, 3.8) is 0 Å². The van der Waals surface area contributed by atoms with Gasteiger partial charge in [-0.05, 0) is 30.5 Å². The number of nitrogens with zero attached hydrogens (tertiary/aromatic N) is 1. The normalized spacial score (nSPS) is 23.9. The molecule has 15 heavy (non-hydrogen) atoms. The van der Waals surface area contributed by atoms with Crippen molar-refractivity contribution < 1.29 is 0 Å². The highest BCUT2D eigenvalue weighted by Gasteiger charge is 2.31. The van der Waals surface area contributed by atoms with E-state index in [9.17, 15) is 0 Å². The van der Waals surface area contributed by atoms with Crippen LogP contribution in [0.2, 0.25) is 0 Å². The third kappa shape index (κ3) is 1.78. The lowest BCUT2D eigenvalue weighted by molar-refractivity contribution is 0.222. The first-order valence-electron chi connectivity index (χ1n) is 5.45. The molecule has 0 amide bonds. The molecule has 1 aliphatic carbocycles. The van der Waals surface area contributed by atoms with Crippen molar-refractivity contribution in [1.82, 2.24) is 4.90 Å². The summed E-state index contributed by atoms with van der Waals surface area (Å²) in [6.07, 6.45) is 6.55. The molecular formula is C14H17N. The summed E-state index contributed by atoms with van der Waals surface area (Å²) in [6, 6.07) is 9.20. The van der Waals surface area contributed by atoms with Crippen LogP contribution in [0.15, 0.2) is 24.3 Å². The van der Waals surface area contributed by atoms with Gasteiger partial charge in [0.2, 0.25) is 0 Å². The van der Waals surface area contributed by atoms with Crippen molar-refractivity contribution in [3.05, 3.63) is 35.4 Å². The summed E-state index contributed by atoms with van der Waals surface area (Å²) in [5, 5.41) is 0. The van der Waals surface area contributed by atoms with Gasteiger partial charge in [-0.15, -0.1) is 6.42 Å². The van der Waals surface area contributed by atoms with Gasteiger partial charge in [0.15, 0.2) is 0 Å². The van der Waals surface area contributed by atoms with Gasteiger partial charge in [0.25, 0.3) is 0 Å². The lowest BCUT2D eigenvalue weighted by Gasteiger charge is -2.26. The fourth-order valence-electron chi connectivity index (χ4n) is 2.69. The molecule has 1 aliphatic rings. The van der Waals surface area contributed by atoms with Crippen LogP contribution in [-0.2, 0) is 6.42 Å². The standard InChI is InChI=1S/C14H17N/c1-4-9-15(3)14-11(2)10-12-7-5-6-8-13(12)14/h1,5-8,11,14H,9-10H2,2-3H3. The van der Waals surface area contributed by atoms with Crippen LogP contribution in [-0.4, -0.2) is 18.5 Å². The molecule has 0 saturated heterocycles. The van der Waals surface area contributed by atoms with E-state index in [0.717, 1.165) is 6.54 Å². The molecule has 0 N–H and O–H groups in total. The molecular weight excluding hydrogens is 182 g/mol. The van der Waals surface area contributed by atoms with E-state index in [2.05, 4.69) is 49.1 Å². The third-order valence-corrected chi connectivity index (χ3v) is 3.27. The average Bonchev–Trinajstić information content (AvgIpc) is 2.54. The van der Waals surface area contributed by atoms with Crippen molar-refractivity contribution in [2.75, 3.05) is 13.6 Å². The first-order chi connectivity index (χ1) is 7.24. The molecule has 0 radical (unpaired) electrons. The van der Waals surface area contributed by atoms with E-state index in [1.54, 1.807) is 0 Å². The molecule has 0 saturated carbocycles. The van der Waals surface area contributed by atoms with Crippen LogP contribution >= 0.6 is 0 Å². The van der Waals surface area contributed by atoms with Gasteiger partial charge in [-0.1, -0.05) is 37.1 Å². The fourth-order valence-corrected chi connectivity index (χ4v) is 2.69. The molecule has 2 rings (SSSR count). The lowest BCUT2D eigenvalue weighted by Crippen LogP contribution is -2.27. The van der Waals surface area contributed by atoms with E-state index in [-0.39, 0.29) is 0 Å². The highest BCUT2D eigenvalue weighted by molar-refractivity contribution is 5.35. The summed E-state index contributed by atoms with van der Waals surface area (Å²) >= 11 is 0. The van der Waals surface area contributed by atoms with E-state index in [4.69, 9.17) is 6.42 Å². The Labute approximate surface area is 92.1 Å². The molecule has 1 heteroatoms. The second kappa shape index (κ2) is 4.08. The minimum absolute atomic E-state index is 0.497. The minimum atomic E-state index is 0.497. The van der Waals surface area contributed by atoms with Crippen LogP contribution in [0.1, 0.15) is 24.1 Å². The first-order valence-corrected chi connectivity index (χ1v) is 5.45. The number of hydrogen-bond acceptors (Lipinski definition) is 1. The summed E-state index contributed by atoms with van der Waals surface area (Å²) in [5.41, 5.74) is 2.95. The number of fused-ring (bicyclic) bond motifs is 1. The molecule has 0 spiro atoms. The number of benzene rings is 1. The molecule has 0 heterocycles. The molecule has 78 valence electrons. The Kier molecular flexibility index (Phi) is 2.79. The fraction of sp³-hybridized carbons (Fsp3) is 0.429. The van der Waals surface area contributed by atoms with Crippen molar-refractivity contribution in [3.8, 4) is 12.3 Å². The van der Waals surface area contributed by atoms with Crippen LogP contribution in [0, 0.1) is 18.3 Å². The van der Waals surface area contributed by atoms with Gasteiger partial charge in [-0.2, -0.15) is 0 Å². The summed E-state index contributed by atoms with van der Waals surface area (Å²) in [7, 11) is 2.11. The van der Waals surface area contributed by atoms with E-state index in [1.807, 2.05) is 0 Å². The zero-order valence-corrected chi connectivity index (χ0v) is 9.40. The maximum atomic E-state index is 5.37. The maximum absolute atomic E-state index is 5.37.